The summed E-state index contributed by atoms with van der Waals surface area (Å²) in [6.07, 6.45) is 6.48. The van der Waals surface area contributed by atoms with Crippen LogP contribution < -0.4 is 0 Å². The van der Waals surface area contributed by atoms with Crippen LogP contribution in [0.4, 0.5) is 0 Å². The second-order valence-electron chi connectivity index (χ2n) is 4.83. The van der Waals surface area contributed by atoms with Crippen molar-refractivity contribution >= 4 is 17.7 Å². The monoisotopic (exact) mass is 267 g/mol. The average Bonchev–Trinajstić information content (AvgIpc) is 2.64. The Morgan fingerprint density at radius 2 is 2.28 bits per heavy atom. The molecule has 1 aliphatic rings. The highest BCUT2D eigenvalue weighted by atomic mass is 32.2. The second-order valence-corrected chi connectivity index (χ2v) is 5.70. The largest absolute Gasteiger partial charge is 0.464 e. The van der Waals surface area contributed by atoms with Gasteiger partial charge in [0.25, 0.3) is 0 Å². The Kier molecular flexibility index (Phi) is 4.75. The molecule has 0 aromatic carbocycles. The standard InChI is InChI=1S/C14H21NO2S/c1-11-7-8-13(17-11)12-6-4-3-5-9-15(12)14(16)10-18-2/h7-8,12H,3-6,9-10H2,1-2H3. The molecule has 2 rings (SSSR count). The zero-order chi connectivity index (χ0) is 13.0. The highest BCUT2D eigenvalue weighted by molar-refractivity contribution is 7.99. The predicted octanol–water partition coefficient (Wildman–Crippen LogP) is 3.39. The van der Waals surface area contributed by atoms with Gasteiger partial charge in [0.05, 0.1) is 11.8 Å². The normalized spacial score (nSPS) is 20.8. The third kappa shape index (κ3) is 3.10. The summed E-state index contributed by atoms with van der Waals surface area (Å²) in [5, 5.41) is 0. The molecule has 1 fully saturated rings. The number of amides is 1. The van der Waals surface area contributed by atoms with Gasteiger partial charge in [-0.3, -0.25) is 4.79 Å². The first kappa shape index (κ1) is 13.5. The van der Waals surface area contributed by atoms with E-state index in [0.29, 0.717) is 5.75 Å². The van der Waals surface area contributed by atoms with Crippen molar-refractivity contribution in [1.82, 2.24) is 4.90 Å². The Hall–Kier alpha value is -0.900. The van der Waals surface area contributed by atoms with Gasteiger partial charge in [0.1, 0.15) is 11.5 Å². The number of furan rings is 1. The number of likely N-dealkylation sites (tertiary alicyclic amines) is 1. The maximum absolute atomic E-state index is 12.2. The van der Waals surface area contributed by atoms with E-state index in [1.165, 1.54) is 12.8 Å². The fourth-order valence-electron chi connectivity index (χ4n) is 2.54. The minimum Gasteiger partial charge on any atom is -0.464 e. The molecule has 1 aliphatic heterocycles. The molecule has 0 spiro atoms. The second kappa shape index (κ2) is 6.32. The number of carbonyl (C=O) groups excluding carboxylic acids is 1. The van der Waals surface area contributed by atoms with E-state index in [1.54, 1.807) is 11.8 Å². The molecule has 1 saturated heterocycles. The number of hydrogen-bond donors (Lipinski definition) is 0. The molecule has 1 unspecified atom stereocenters. The Bertz CT molecular complexity index is 402. The van der Waals surface area contributed by atoms with Crippen molar-refractivity contribution in [3.63, 3.8) is 0 Å². The number of rotatable bonds is 3. The summed E-state index contributed by atoms with van der Waals surface area (Å²) < 4.78 is 5.74. The molecule has 0 bridgehead atoms. The SMILES string of the molecule is CSCC(=O)N1CCCCCC1c1ccc(C)o1. The first-order chi connectivity index (χ1) is 8.72. The van der Waals surface area contributed by atoms with Crippen LogP contribution in [-0.2, 0) is 4.79 Å². The summed E-state index contributed by atoms with van der Waals surface area (Å²) in [6.45, 7) is 2.82. The molecule has 1 amide bonds. The molecule has 3 nitrogen and oxygen atoms in total. The van der Waals surface area contributed by atoms with Crippen LogP contribution in [0.1, 0.15) is 43.2 Å². The molecular formula is C14H21NO2S. The summed E-state index contributed by atoms with van der Waals surface area (Å²) in [6, 6.07) is 4.14. The molecule has 1 atom stereocenters. The number of aryl methyl sites for hydroxylation is 1. The van der Waals surface area contributed by atoms with E-state index < -0.39 is 0 Å². The lowest BCUT2D eigenvalue weighted by atomic mass is 10.1. The molecule has 0 aliphatic carbocycles. The van der Waals surface area contributed by atoms with Crippen LogP contribution in [-0.4, -0.2) is 29.4 Å². The van der Waals surface area contributed by atoms with Crippen molar-refractivity contribution in [2.24, 2.45) is 0 Å². The third-order valence-electron chi connectivity index (χ3n) is 3.43. The van der Waals surface area contributed by atoms with E-state index in [0.717, 1.165) is 30.9 Å². The highest BCUT2D eigenvalue weighted by Crippen LogP contribution is 2.31. The smallest absolute Gasteiger partial charge is 0.233 e. The van der Waals surface area contributed by atoms with Crippen LogP contribution in [0, 0.1) is 6.92 Å². The van der Waals surface area contributed by atoms with Gasteiger partial charge >= 0.3 is 0 Å². The number of hydrogen-bond acceptors (Lipinski definition) is 3. The maximum atomic E-state index is 12.2. The van der Waals surface area contributed by atoms with Crippen molar-refractivity contribution < 1.29 is 9.21 Å². The summed E-state index contributed by atoms with van der Waals surface area (Å²) in [7, 11) is 0. The fraction of sp³-hybridized carbons (Fsp3) is 0.643. The summed E-state index contributed by atoms with van der Waals surface area (Å²) in [5.74, 6) is 2.68. The molecule has 18 heavy (non-hydrogen) atoms. The Morgan fingerprint density at radius 1 is 1.44 bits per heavy atom. The van der Waals surface area contributed by atoms with Gasteiger partial charge in [-0.05, 0) is 38.2 Å². The first-order valence-electron chi connectivity index (χ1n) is 6.57. The topological polar surface area (TPSA) is 33.5 Å². The van der Waals surface area contributed by atoms with Crippen molar-refractivity contribution in [2.45, 2.75) is 38.6 Å². The van der Waals surface area contributed by atoms with Gasteiger partial charge in [0, 0.05) is 6.54 Å². The quantitative estimate of drug-likeness (QED) is 0.841. The average molecular weight is 267 g/mol. The number of thioether (sulfide) groups is 1. The van der Waals surface area contributed by atoms with E-state index >= 15 is 0 Å². The van der Waals surface area contributed by atoms with Gasteiger partial charge in [0.15, 0.2) is 0 Å². The van der Waals surface area contributed by atoms with E-state index in [-0.39, 0.29) is 11.9 Å². The van der Waals surface area contributed by atoms with Gasteiger partial charge in [-0.1, -0.05) is 12.8 Å². The van der Waals surface area contributed by atoms with Crippen molar-refractivity contribution in [1.29, 1.82) is 0 Å². The Labute approximate surface area is 113 Å². The zero-order valence-corrected chi connectivity index (χ0v) is 12.0. The highest BCUT2D eigenvalue weighted by Gasteiger charge is 2.28. The van der Waals surface area contributed by atoms with Gasteiger partial charge in [-0.15, -0.1) is 0 Å². The number of nitrogens with zero attached hydrogens (tertiary/aromatic N) is 1. The Morgan fingerprint density at radius 3 is 2.94 bits per heavy atom. The number of carbonyl (C=O) groups is 1. The van der Waals surface area contributed by atoms with Gasteiger partial charge < -0.3 is 9.32 Å². The minimum atomic E-state index is 0.140. The van der Waals surface area contributed by atoms with Crippen molar-refractivity contribution in [2.75, 3.05) is 18.6 Å². The fourth-order valence-corrected chi connectivity index (χ4v) is 2.95. The maximum Gasteiger partial charge on any atom is 0.233 e. The van der Waals surface area contributed by atoms with Crippen LogP contribution in [0.5, 0.6) is 0 Å². The van der Waals surface area contributed by atoms with Crippen LogP contribution >= 0.6 is 11.8 Å². The molecule has 4 heteroatoms. The van der Waals surface area contributed by atoms with E-state index in [4.69, 9.17) is 4.42 Å². The van der Waals surface area contributed by atoms with E-state index in [9.17, 15) is 4.79 Å². The van der Waals surface area contributed by atoms with Crippen LogP contribution in [0.2, 0.25) is 0 Å². The molecule has 1 aromatic heterocycles. The molecule has 0 radical (unpaired) electrons. The van der Waals surface area contributed by atoms with Gasteiger partial charge in [0.2, 0.25) is 5.91 Å². The first-order valence-corrected chi connectivity index (χ1v) is 7.96. The van der Waals surface area contributed by atoms with Crippen molar-refractivity contribution in [3.05, 3.63) is 23.7 Å². The van der Waals surface area contributed by atoms with E-state index in [1.807, 2.05) is 30.2 Å². The Balaban J connectivity index is 2.18. The third-order valence-corrected chi connectivity index (χ3v) is 3.97. The lowest BCUT2D eigenvalue weighted by Gasteiger charge is -2.28. The van der Waals surface area contributed by atoms with Crippen LogP contribution in [0.3, 0.4) is 0 Å². The molecule has 0 saturated carbocycles. The van der Waals surface area contributed by atoms with Crippen LogP contribution in [0.15, 0.2) is 16.5 Å². The summed E-state index contributed by atoms with van der Waals surface area (Å²) >= 11 is 1.59. The molecule has 100 valence electrons. The van der Waals surface area contributed by atoms with Crippen LogP contribution in [0.25, 0.3) is 0 Å². The molecule has 2 heterocycles. The van der Waals surface area contributed by atoms with Crippen molar-refractivity contribution in [3.8, 4) is 0 Å². The molecule has 0 N–H and O–H groups in total. The summed E-state index contributed by atoms with van der Waals surface area (Å²) in [4.78, 5) is 14.2. The minimum absolute atomic E-state index is 0.140. The molecule has 1 aromatic rings. The van der Waals surface area contributed by atoms with E-state index in [2.05, 4.69) is 0 Å². The molecular weight excluding hydrogens is 246 g/mol. The lowest BCUT2D eigenvalue weighted by molar-refractivity contribution is -0.131. The van der Waals surface area contributed by atoms with Gasteiger partial charge in [-0.25, -0.2) is 0 Å². The van der Waals surface area contributed by atoms with Gasteiger partial charge in [-0.2, -0.15) is 11.8 Å². The lowest BCUT2D eigenvalue weighted by Crippen LogP contribution is -2.35. The summed E-state index contributed by atoms with van der Waals surface area (Å²) in [5.41, 5.74) is 0. The predicted molar refractivity (Wildman–Crippen MR) is 74.7 cm³/mol. The zero-order valence-electron chi connectivity index (χ0n) is 11.1.